The molecule has 2 aromatic heterocycles. The van der Waals surface area contributed by atoms with Crippen molar-refractivity contribution in [2.45, 2.75) is 32.5 Å². The quantitative estimate of drug-likeness (QED) is 0.683. The SMILES string of the molecule is Cc1cc([C@H]2[C@@H](c3ccccn3)NC(=S)N2Cc2ccccc2)c(C)[nH]1. The van der Waals surface area contributed by atoms with Crippen molar-refractivity contribution in [3.63, 3.8) is 0 Å². The van der Waals surface area contributed by atoms with Gasteiger partial charge in [0, 0.05) is 24.1 Å². The Kier molecular flexibility index (Phi) is 4.47. The second kappa shape index (κ2) is 6.92. The fraction of sp³-hybridized carbons (Fsp3) is 0.238. The average Bonchev–Trinajstić information content (AvgIpc) is 3.15. The Labute approximate surface area is 159 Å². The summed E-state index contributed by atoms with van der Waals surface area (Å²) < 4.78 is 0. The summed E-state index contributed by atoms with van der Waals surface area (Å²) in [5.41, 5.74) is 5.86. The molecule has 1 aliphatic rings. The molecule has 0 saturated carbocycles. The first-order valence-electron chi connectivity index (χ1n) is 8.81. The summed E-state index contributed by atoms with van der Waals surface area (Å²) in [7, 11) is 0. The molecule has 1 fully saturated rings. The molecule has 0 unspecified atom stereocenters. The molecule has 5 heteroatoms. The van der Waals surface area contributed by atoms with Gasteiger partial charge in [0.25, 0.3) is 0 Å². The Hall–Kier alpha value is -2.66. The summed E-state index contributed by atoms with van der Waals surface area (Å²) in [6.45, 7) is 4.98. The zero-order chi connectivity index (χ0) is 18.1. The van der Waals surface area contributed by atoms with E-state index >= 15 is 0 Å². The largest absolute Gasteiger partial charge is 0.362 e. The van der Waals surface area contributed by atoms with Crippen LogP contribution in [0.4, 0.5) is 0 Å². The topological polar surface area (TPSA) is 44.0 Å². The molecule has 0 aliphatic carbocycles. The maximum Gasteiger partial charge on any atom is 0.170 e. The van der Waals surface area contributed by atoms with E-state index in [1.165, 1.54) is 16.8 Å². The number of thiocarbonyl (C=S) groups is 1. The van der Waals surface area contributed by atoms with Gasteiger partial charge in [-0.05, 0) is 55.4 Å². The van der Waals surface area contributed by atoms with E-state index in [1.807, 2.05) is 24.4 Å². The summed E-state index contributed by atoms with van der Waals surface area (Å²) in [5, 5.41) is 4.28. The van der Waals surface area contributed by atoms with Crippen LogP contribution in [-0.4, -0.2) is 20.0 Å². The molecule has 0 bridgehead atoms. The number of aryl methyl sites for hydroxylation is 2. The van der Waals surface area contributed by atoms with Crippen LogP contribution in [0.25, 0.3) is 0 Å². The minimum absolute atomic E-state index is 0.0290. The zero-order valence-electron chi connectivity index (χ0n) is 14.9. The van der Waals surface area contributed by atoms with Crippen molar-refractivity contribution < 1.29 is 0 Å². The van der Waals surface area contributed by atoms with E-state index in [0.29, 0.717) is 0 Å². The third kappa shape index (κ3) is 3.10. The van der Waals surface area contributed by atoms with E-state index in [1.54, 1.807) is 0 Å². The molecule has 1 saturated heterocycles. The molecule has 4 rings (SSSR count). The highest BCUT2D eigenvalue weighted by atomic mass is 32.1. The Bertz CT molecular complexity index is 904. The first-order valence-corrected chi connectivity index (χ1v) is 9.22. The number of rotatable bonds is 4. The molecule has 1 aliphatic heterocycles. The molecule has 0 spiro atoms. The van der Waals surface area contributed by atoms with Gasteiger partial charge in [-0.15, -0.1) is 0 Å². The van der Waals surface area contributed by atoms with Gasteiger partial charge in [-0.2, -0.15) is 0 Å². The van der Waals surface area contributed by atoms with Gasteiger partial charge in [-0.3, -0.25) is 4.98 Å². The number of benzene rings is 1. The zero-order valence-corrected chi connectivity index (χ0v) is 15.8. The maximum atomic E-state index is 5.72. The minimum atomic E-state index is 0.0290. The lowest BCUT2D eigenvalue weighted by molar-refractivity contribution is 0.310. The molecule has 2 atom stereocenters. The highest BCUT2D eigenvalue weighted by Crippen LogP contribution is 2.40. The normalized spacial score (nSPS) is 19.6. The summed E-state index contributed by atoms with van der Waals surface area (Å²) in [6.07, 6.45) is 1.84. The third-order valence-electron chi connectivity index (χ3n) is 4.90. The van der Waals surface area contributed by atoms with Gasteiger partial charge in [-0.1, -0.05) is 36.4 Å². The summed E-state index contributed by atoms with van der Waals surface area (Å²) in [6, 6.07) is 18.8. The van der Waals surface area contributed by atoms with Crippen LogP contribution in [0.2, 0.25) is 0 Å². The van der Waals surface area contributed by atoms with Crippen LogP contribution in [0.5, 0.6) is 0 Å². The van der Waals surface area contributed by atoms with Crippen molar-refractivity contribution in [2.75, 3.05) is 0 Å². The van der Waals surface area contributed by atoms with Crippen LogP contribution in [0.3, 0.4) is 0 Å². The van der Waals surface area contributed by atoms with Crippen molar-refractivity contribution >= 4 is 17.3 Å². The Morgan fingerprint density at radius 3 is 2.50 bits per heavy atom. The van der Waals surface area contributed by atoms with Crippen molar-refractivity contribution in [1.82, 2.24) is 20.2 Å². The predicted octanol–water partition coefficient (Wildman–Crippen LogP) is 4.20. The predicted molar refractivity (Wildman–Crippen MR) is 108 cm³/mol. The monoisotopic (exact) mass is 362 g/mol. The van der Waals surface area contributed by atoms with Crippen molar-refractivity contribution in [3.05, 3.63) is 89.0 Å². The maximum absolute atomic E-state index is 5.72. The van der Waals surface area contributed by atoms with Gasteiger partial charge in [0.2, 0.25) is 0 Å². The molecule has 1 aromatic carbocycles. The molecular formula is C21H22N4S. The van der Waals surface area contributed by atoms with Crippen LogP contribution in [0.15, 0.2) is 60.8 Å². The number of hydrogen-bond acceptors (Lipinski definition) is 2. The molecule has 3 aromatic rings. The second-order valence-electron chi connectivity index (χ2n) is 6.77. The molecule has 0 amide bonds. The lowest BCUT2D eigenvalue weighted by Crippen LogP contribution is -2.29. The molecule has 132 valence electrons. The Balaban J connectivity index is 1.76. The van der Waals surface area contributed by atoms with E-state index in [9.17, 15) is 0 Å². The Morgan fingerprint density at radius 1 is 1.08 bits per heavy atom. The highest BCUT2D eigenvalue weighted by Gasteiger charge is 2.40. The van der Waals surface area contributed by atoms with Crippen LogP contribution in [0.1, 0.15) is 40.3 Å². The van der Waals surface area contributed by atoms with E-state index in [-0.39, 0.29) is 12.1 Å². The molecule has 2 N–H and O–H groups in total. The number of nitrogens with one attached hydrogen (secondary N) is 2. The van der Waals surface area contributed by atoms with Gasteiger partial charge in [0.05, 0.1) is 17.8 Å². The Morgan fingerprint density at radius 2 is 1.85 bits per heavy atom. The smallest absolute Gasteiger partial charge is 0.170 e. The van der Waals surface area contributed by atoms with Crippen LogP contribution in [-0.2, 0) is 6.54 Å². The number of nitrogens with zero attached hydrogens (tertiary/aromatic N) is 2. The standard InChI is InChI=1S/C21H22N4S/c1-14-12-17(15(2)23-14)20-19(18-10-6-7-11-22-18)24-21(26)25(20)13-16-8-4-3-5-9-16/h3-12,19-20,23H,13H2,1-2H3,(H,24,26)/t19-,20+/m1/s1. The van der Waals surface area contributed by atoms with Gasteiger partial charge in [-0.25, -0.2) is 0 Å². The van der Waals surface area contributed by atoms with Gasteiger partial charge in [0.15, 0.2) is 5.11 Å². The van der Waals surface area contributed by atoms with Gasteiger partial charge >= 0.3 is 0 Å². The van der Waals surface area contributed by atoms with E-state index in [0.717, 1.165) is 23.0 Å². The number of pyridine rings is 1. The second-order valence-corrected chi connectivity index (χ2v) is 7.16. The average molecular weight is 363 g/mol. The molecule has 3 heterocycles. The van der Waals surface area contributed by atoms with E-state index in [4.69, 9.17) is 12.2 Å². The van der Waals surface area contributed by atoms with Crippen LogP contribution >= 0.6 is 12.2 Å². The summed E-state index contributed by atoms with van der Waals surface area (Å²) in [5.74, 6) is 0. The van der Waals surface area contributed by atoms with Crippen LogP contribution in [0, 0.1) is 13.8 Å². The molecule has 4 nitrogen and oxygen atoms in total. The highest BCUT2D eigenvalue weighted by molar-refractivity contribution is 7.80. The van der Waals surface area contributed by atoms with E-state index in [2.05, 4.69) is 70.4 Å². The molecule has 0 radical (unpaired) electrons. The van der Waals surface area contributed by atoms with Crippen molar-refractivity contribution in [2.24, 2.45) is 0 Å². The van der Waals surface area contributed by atoms with Crippen molar-refractivity contribution in [1.29, 1.82) is 0 Å². The summed E-state index contributed by atoms with van der Waals surface area (Å²) in [4.78, 5) is 10.3. The lowest BCUT2D eigenvalue weighted by atomic mass is 9.96. The number of hydrogen-bond donors (Lipinski definition) is 2. The fourth-order valence-electron chi connectivity index (χ4n) is 3.75. The first-order chi connectivity index (χ1) is 12.6. The van der Waals surface area contributed by atoms with Gasteiger partial charge in [0.1, 0.15) is 0 Å². The van der Waals surface area contributed by atoms with E-state index < -0.39 is 0 Å². The molecule has 26 heavy (non-hydrogen) atoms. The summed E-state index contributed by atoms with van der Waals surface area (Å²) >= 11 is 5.72. The minimum Gasteiger partial charge on any atom is -0.362 e. The number of H-pyrrole nitrogens is 1. The number of aromatic amines is 1. The lowest BCUT2D eigenvalue weighted by Gasteiger charge is -2.28. The fourth-order valence-corrected chi connectivity index (χ4v) is 4.05. The third-order valence-corrected chi connectivity index (χ3v) is 5.25. The van der Waals surface area contributed by atoms with Crippen LogP contribution < -0.4 is 5.32 Å². The number of aromatic nitrogens is 2. The molecular weight excluding hydrogens is 340 g/mol. The van der Waals surface area contributed by atoms with Crippen molar-refractivity contribution in [3.8, 4) is 0 Å². The van der Waals surface area contributed by atoms with Gasteiger partial charge < -0.3 is 15.2 Å². The first kappa shape index (κ1) is 16.8.